The maximum Gasteiger partial charge on any atom is 0.410 e. The van der Waals surface area contributed by atoms with Gasteiger partial charge in [0.2, 0.25) is 11.8 Å². The molecule has 2 fully saturated rings. The first-order chi connectivity index (χ1) is 15.4. The number of hydrogen-bond donors (Lipinski definition) is 1. The molecule has 8 heteroatoms. The number of fused-ring (bicyclic) bond motifs is 1. The van der Waals surface area contributed by atoms with Gasteiger partial charge in [0.1, 0.15) is 11.6 Å². The summed E-state index contributed by atoms with van der Waals surface area (Å²) in [5.74, 6) is -0.628. The summed E-state index contributed by atoms with van der Waals surface area (Å²) in [5.41, 5.74) is 1.97. The predicted molar refractivity (Wildman–Crippen MR) is 121 cm³/mol. The van der Waals surface area contributed by atoms with Crippen molar-refractivity contribution in [2.45, 2.75) is 78.0 Å². The van der Waals surface area contributed by atoms with Gasteiger partial charge in [-0.15, -0.1) is 0 Å². The average Bonchev–Trinajstić information content (AvgIpc) is 3.01. The summed E-state index contributed by atoms with van der Waals surface area (Å²) in [6.45, 7) is 11.5. The van der Waals surface area contributed by atoms with Crippen molar-refractivity contribution in [3.8, 4) is 0 Å². The molecule has 8 nitrogen and oxygen atoms in total. The van der Waals surface area contributed by atoms with Gasteiger partial charge in [0, 0.05) is 31.6 Å². The van der Waals surface area contributed by atoms with Gasteiger partial charge in [-0.2, -0.15) is 0 Å². The van der Waals surface area contributed by atoms with E-state index in [1.54, 1.807) is 9.80 Å². The first-order valence-electron chi connectivity index (χ1n) is 11.6. The van der Waals surface area contributed by atoms with Gasteiger partial charge in [0.05, 0.1) is 0 Å². The number of carbonyl (C=O) groups excluding carboxylic acids is 4. The summed E-state index contributed by atoms with van der Waals surface area (Å²) in [7, 11) is 0. The number of benzene rings is 1. The Bertz CT molecular complexity index is 1010. The summed E-state index contributed by atoms with van der Waals surface area (Å²) < 4.78 is 5.56. The highest BCUT2D eigenvalue weighted by molar-refractivity contribution is 6.05. The summed E-state index contributed by atoms with van der Waals surface area (Å²) in [6.07, 6.45) is 1.11. The van der Waals surface area contributed by atoms with Gasteiger partial charge in [0.15, 0.2) is 0 Å². The lowest BCUT2D eigenvalue weighted by molar-refractivity contribution is -0.136. The van der Waals surface area contributed by atoms with Crippen LogP contribution >= 0.6 is 0 Å². The Morgan fingerprint density at radius 2 is 1.88 bits per heavy atom. The number of nitrogens with zero attached hydrogens (tertiary/aromatic N) is 2. The smallest absolute Gasteiger partial charge is 0.410 e. The molecule has 1 aromatic carbocycles. The number of amides is 4. The third-order valence-electron chi connectivity index (χ3n) is 6.83. The number of carbonyl (C=O) groups is 4. The van der Waals surface area contributed by atoms with E-state index in [0.29, 0.717) is 31.6 Å². The van der Waals surface area contributed by atoms with Crippen molar-refractivity contribution in [2.24, 2.45) is 5.41 Å². The number of likely N-dealkylation sites (tertiary alicyclic amines) is 1. The molecule has 0 saturated carbocycles. The maximum atomic E-state index is 13.0. The van der Waals surface area contributed by atoms with Crippen LogP contribution in [0, 0.1) is 5.41 Å². The van der Waals surface area contributed by atoms with Crippen molar-refractivity contribution in [3.63, 3.8) is 0 Å². The molecule has 3 aliphatic heterocycles. The van der Waals surface area contributed by atoms with Crippen molar-refractivity contribution in [3.05, 3.63) is 34.9 Å². The molecule has 2 unspecified atom stereocenters. The Morgan fingerprint density at radius 3 is 2.52 bits per heavy atom. The van der Waals surface area contributed by atoms with E-state index in [0.717, 1.165) is 17.5 Å². The van der Waals surface area contributed by atoms with Gasteiger partial charge >= 0.3 is 6.09 Å². The minimum Gasteiger partial charge on any atom is -0.444 e. The molecule has 2 atom stereocenters. The van der Waals surface area contributed by atoms with Crippen LogP contribution in [0.3, 0.4) is 0 Å². The Labute approximate surface area is 194 Å². The van der Waals surface area contributed by atoms with Crippen LogP contribution in [0.4, 0.5) is 4.79 Å². The van der Waals surface area contributed by atoms with E-state index in [1.165, 1.54) is 0 Å². The van der Waals surface area contributed by atoms with E-state index in [4.69, 9.17) is 4.74 Å². The normalized spacial score (nSPS) is 25.1. The van der Waals surface area contributed by atoms with Crippen LogP contribution in [0.25, 0.3) is 0 Å². The van der Waals surface area contributed by atoms with Crippen molar-refractivity contribution < 1.29 is 23.9 Å². The second-order valence-electron chi connectivity index (χ2n) is 11.0. The molecule has 4 rings (SSSR count). The van der Waals surface area contributed by atoms with Gasteiger partial charge in [-0.25, -0.2) is 4.79 Å². The number of rotatable bonds is 2. The second-order valence-corrected chi connectivity index (χ2v) is 11.0. The standard InChI is InChI=1S/C25H33N3O5/c1-24(2,3)33-23(32)27-11-10-18(25(4,5)14-27)15-6-7-17-16(12-15)13-28(22(17)31)19-8-9-20(29)26-21(19)30/h6-7,12,18-19H,8-11,13-14H2,1-5H3,(H,26,29,30). The van der Waals surface area contributed by atoms with Gasteiger partial charge in [0.25, 0.3) is 5.91 Å². The predicted octanol–water partition coefficient (Wildman–Crippen LogP) is 3.20. The largest absolute Gasteiger partial charge is 0.444 e. The lowest BCUT2D eigenvalue weighted by Gasteiger charge is -2.44. The van der Waals surface area contributed by atoms with Gasteiger partial charge in [-0.1, -0.05) is 26.0 Å². The van der Waals surface area contributed by atoms with Gasteiger partial charge in [-0.3, -0.25) is 19.7 Å². The number of piperidine rings is 2. The molecule has 1 aromatic rings. The van der Waals surface area contributed by atoms with Crippen LogP contribution in [0.15, 0.2) is 18.2 Å². The van der Waals surface area contributed by atoms with E-state index >= 15 is 0 Å². The van der Waals surface area contributed by atoms with Crippen molar-refractivity contribution in [2.75, 3.05) is 13.1 Å². The fourth-order valence-electron chi connectivity index (χ4n) is 5.27. The molecule has 0 aliphatic carbocycles. The SMILES string of the molecule is CC(C)(C)OC(=O)N1CCC(c2ccc3c(c2)CN(C2CCC(=O)NC2=O)C3=O)C(C)(C)C1. The Morgan fingerprint density at radius 1 is 1.15 bits per heavy atom. The van der Waals surface area contributed by atoms with Gasteiger partial charge < -0.3 is 14.5 Å². The van der Waals surface area contributed by atoms with Crippen LogP contribution in [0.2, 0.25) is 0 Å². The van der Waals surface area contributed by atoms with E-state index in [2.05, 4.69) is 25.2 Å². The topological polar surface area (TPSA) is 96.0 Å². The van der Waals surface area contributed by atoms with Gasteiger partial charge in [-0.05, 0) is 62.1 Å². The summed E-state index contributed by atoms with van der Waals surface area (Å²) in [6, 6.07) is 5.32. The number of ether oxygens (including phenoxy) is 1. The number of imide groups is 1. The van der Waals surface area contributed by atoms with Crippen LogP contribution in [0.1, 0.15) is 81.3 Å². The fourth-order valence-corrected chi connectivity index (χ4v) is 5.27. The molecule has 3 heterocycles. The van der Waals surface area contributed by atoms with E-state index in [1.807, 2.05) is 32.9 Å². The lowest BCUT2D eigenvalue weighted by Crippen LogP contribution is -2.52. The molecule has 3 aliphatic rings. The summed E-state index contributed by atoms with van der Waals surface area (Å²) in [5, 5.41) is 2.34. The monoisotopic (exact) mass is 455 g/mol. The van der Waals surface area contributed by atoms with Crippen LogP contribution in [-0.4, -0.2) is 58.3 Å². The molecule has 33 heavy (non-hydrogen) atoms. The third-order valence-corrected chi connectivity index (χ3v) is 6.83. The third kappa shape index (κ3) is 4.61. The molecule has 2 saturated heterocycles. The van der Waals surface area contributed by atoms with Crippen molar-refractivity contribution in [1.82, 2.24) is 15.1 Å². The minimum absolute atomic E-state index is 0.162. The van der Waals surface area contributed by atoms with Crippen molar-refractivity contribution in [1.29, 1.82) is 0 Å². The summed E-state index contributed by atoms with van der Waals surface area (Å²) >= 11 is 0. The Kier molecular flexibility index (Phi) is 5.75. The number of nitrogens with one attached hydrogen (secondary N) is 1. The first kappa shape index (κ1) is 23.3. The zero-order valence-electron chi connectivity index (χ0n) is 20.1. The molecule has 0 spiro atoms. The molecule has 0 radical (unpaired) electrons. The molecule has 4 amide bonds. The quantitative estimate of drug-likeness (QED) is 0.691. The molecule has 0 aromatic heterocycles. The highest BCUT2D eigenvalue weighted by Crippen LogP contribution is 2.43. The highest BCUT2D eigenvalue weighted by atomic mass is 16.6. The minimum atomic E-state index is -0.612. The van der Waals surface area contributed by atoms with E-state index in [9.17, 15) is 19.2 Å². The molecular weight excluding hydrogens is 422 g/mol. The van der Waals surface area contributed by atoms with Crippen LogP contribution in [-0.2, 0) is 20.9 Å². The van der Waals surface area contributed by atoms with Crippen LogP contribution in [0.5, 0.6) is 0 Å². The first-order valence-corrected chi connectivity index (χ1v) is 11.6. The second kappa shape index (κ2) is 8.15. The molecule has 0 bridgehead atoms. The lowest BCUT2D eigenvalue weighted by atomic mass is 9.70. The van der Waals surface area contributed by atoms with E-state index in [-0.39, 0.29) is 35.7 Å². The zero-order chi connectivity index (χ0) is 24.1. The fraction of sp³-hybridized carbons (Fsp3) is 0.600. The van der Waals surface area contributed by atoms with Crippen LogP contribution < -0.4 is 5.32 Å². The Hall–Kier alpha value is -2.90. The van der Waals surface area contributed by atoms with E-state index < -0.39 is 17.6 Å². The number of hydrogen-bond acceptors (Lipinski definition) is 5. The highest BCUT2D eigenvalue weighted by Gasteiger charge is 2.42. The molecule has 178 valence electrons. The zero-order valence-corrected chi connectivity index (χ0v) is 20.1. The maximum absolute atomic E-state index is 13.0. The average molecular weight is 456 g/mol. The van der Waals surface area contributed by atoms with Crippen molar-refractivity contribution >= 4 is 23.8 Å². The molecular formula is C25H33N3O5. The Balaban J connectivity index is 1.49. The summed E-state index contributed by atoms with van der Waals surface area (Å²) in [4.78, 5) is 52.7. The molecule has 1 N–H and O–H groups in total.